The van der Waals surface area contributed by atoms with Crippen LogP contribution in [0.25, 0.3) is 0 Å². The molecule has 3 heteroatoms. The van der Waals surface area contributed by atoms with Crippen LogP contribution in [-0.4, -0.2) is 19.1 Å². The molecule has 0 spiro atoms. The van der Waals surface area contributed by atoms with Gasteiger partial charge in [-0.25, -0.2) is 4.79 Å². The van der Waals surface area contributed by atoms with Crippen LogP contribution in [0.4, 0.5) is 0 Å². The topological polar surface area (TPSA) is 53.9 Å². The molecular formula is C9H14NO2+. The van der Waals surface area contributed by atoms with Crippen molar-refractivity contribution in [3.8, 4) is 0 Å². The quantitative estimate of drug-likeness (QED) is 0.466. The summed E-state index contributed by atoms with van der Waals surface area (Å²) in [6.07, 6.45) is 4.98. The Morgan fingerprint density at radius 1 is 1.50 bits per heavy atom. The van der Waals surface area contributed by atoms with Gasteiger partial charge in [-0.1, -0.05) is 31.4 Å². The maximum Gasteiger partial charge on any atom is 0.361 e. The lowest BCUT2D eigenvalue weighted by molar-refractivity contribution is -0.359. The highest BCUT2D eigenvalue weighted by Gasteiger charge is 2.00. The minimum Gasteiger partial charge on any atom is -0.457 e. The van der Waals surface area contributed by atoms with Crippen LogP contribution in [0.1, 0.15) is 0 Å². The third-order valence-electron chi connectivity index (χ3n) is 1.20. The first-order valence-electron chi connectivity index (χ1n) is 3.63. The zero-order chi connectivity index (χ0) is 9.40. The second kappa shape index (κ2) is 6.37. The zero-order valence-corrected chi connectivity index (χ0v) is 7.08. The molecule has 0 radical (unpaired) electrons. The lowest BCUT2D eigenvalue weighted by atomic mass is 10.2. The average molecular weight is 168 g/mol. The molecule has 0 bridgehead atoms. The SMILES string of the molecule is C=C/C=C(\C=C)COC(=O)C[NH3+]. The van der Waals surface area contributed by atoms with Gasteiger partial charge in [-0.15, -0.1) is 0 Å². The Bertz CT molecular complexity index is 207. The van der Waals surface area contributed by atoms with Crippen molar-refractivity contribution >= 4 is 5.97 Å². The van der Waals surface area contributed by atoms with Gasteiger partial charge < -0.3 is 10.5 Å². The number of quaternary nitrogens is 1. The summed E-state index contributed by atoms with van der Waals surface area (Å²) < 4.78 is 4.81. The second-order valence-electron chi connectivity index (χ2n) is 2.09. The fourth-order valence-electron chi connectivity index (χ4n) is 0.562. The van der Waals surface area contributed by atoms with E-state index in [9.17, 15) is 4.79 Å². The molecule has 12 heavy (non-hydrogen) atoms. The van der Waals surface area contributed by atoms with E-state index in [2.05, 4.69) is 18.9 Å². The van der Waals surface area contributed by atoms with Crippen molar-refractivity contribution in [1.82, 2.24) is 0 Å². The smallest absolute Gasteiger partial charge is 0.361 e. The third kappa shape index (κ3) is 4.46. The fraction of sp³-hybridized carbons (Fsp3) is 0.222. The van der Waals surface area contributed by atoms with Crippen LogP contribution in [0.3, 0.4) is 0 Å². The zero-order valence-electron chi connectivity index (χ0n) is 7.08. The van der Waals surface area contributed by atoms with Gasteiger partial charge in [-0.2, -0.15) is 0 Å². The molecule has 66 valence electrons. The molecule has 0 unspecified atom stereocenters. The normalized spacial score (nSPS) is 10.6. The van der Waals surface area contributed by atoms with E-state index in [4.69, 9.17) is 4.74 Å². The summed E-state index contributed by atoms with van der Waals surface area (Å²) in [5.41, 5.74) is 4.22. The van der Waals surface area contributed by atoms with Gasteiger partial charge >= 0.3 is 5.97 Å². The van der Waals surface area contributed by atoms with E-state index in [-0.39, 0.29) is 19.1 Å². The molecule has 0 aromatic heterocycles. The highest BCUT2D eigenvalue weighted by atomic mass is 16.5. The van der Waals surface area contributed by atoms with Crippen LogP contribution in [0.5, 0.6) is 0 Å². The van der Waals surface area contributed by atoms with E-state index in [1.165, 1.54) is 0 Å². The minimum absolute atomic E-state index is 0.151. The molecule has 0 heterocycles. The Hall–Kier alpha value is -1.35. The molecule has 0 saturated carbocycles. The number of rotatable bonds is 5. The Labute approximate surface area is 72.2 Å². The summed E-state index contributed by atoms with van der Waals surface area (Å²) in [5.74, 6) is -0.313. The minimum atomic E-state index is -0.313. The van der Waals surface area contributed by atoms with E-state index < -0.39 is 0 Å². The Balaban J connectivity index is 3.88. The van der Waals surface area contributed by atoms with Crippen LogP contribution in [0.15, 0.2) is 37.0 Å². The highest BCUT2D eigenvalue weighted by Crippen LogP contribution is 1.96. The molecular weight excluding hydrogens is 154 g/mol. The molecule has 0 aliphatic carbocycles. The first kappa shape index (κ1) is 10.7. The predicted octanol–water partition coefficient (Wildman–Crippen LogP) is 0.0699. The Kier molecular flexibility index (Phi) is 5.65. The summed E-state index contributed by atoms with van der Waals surface area (Å²) in [6.45, 7) is 7.47. The first-order valence-corrected chi connectivity index (χ1v) is 3.63. The molecule has 0 saturated heterocycles. The van der Waals surface area contributed by atoms with Crippen LogP contribution in [0, 0.1) is 0 Å². The third-order valence-corrected chi connectivity index (χ3v) is 1.20. The molecule has 3 nitrogen and oxygen atoms in total. The van der Waals surface area contributed by atoms with E-state index in [0.717, 1.165) is 5.57 Å². The number of esters is 1. The van der Waals surface area contributed by atoms with Crippen molar-refractivity contribution in [2.75, 3.05) is 13.2 Å². The molecule has 3 N–H and O–H groups in total. The molecule has 0 aromatic rings. The summed E-state index contributed by atoms with van der Waals surface area (Å²) in [7, 11) is 0. The number of carbonyl (C=O) groups is 1. The molecule has 0 amide bonds. The molecule has 0 aliphatic heterocycles. The lowest BCUT2D eigenvalue weighted by Crippen LogP contribution is -2.54. The summed E-state index contributed by atoms with van der Waals surface area (Å²) in [4.78, 5) is 10.7. The van der Waals surface area contributed by atoms with Crippen molar-refractivity contribution in [3.63, 3.8) is 0 Å². The largest absolute Gasteiger partial charge is 0.457 e. The number of hydrogen-bond donors (Lipinski definition) is 1. The van der Waals surface area contributed by atoms with Crippen LogP contribution < -0.4 is 5.73 Å². The standard InChI is InChI=1S/C9H13NO2/c1-3-5-8(4-2)7-12-9(11)6-10/h3-5H,1-2,6-7,10H2/p+1/b8-5+. The number of carbonyl (C=O) groups excluding carboxylic acids is 1. The average Bonchev–Trinajstić information content (AvgIpc) is 2.11. The Morgan fingerprint density at radius 3 is 2.58 bits per heavy atom. The van der Waals surface area contributed by atoms with E-state index >= 15 is 0 Å². The van der Waals surface area contributed by atoms with Gasteiger partial charge in [0.15, 0.2) is 6.54 Å². The van der Waals surface area contributed by atoms with E-state index in [1.54, 1.807) is 18.2 Å². The van der Waals surface area contributed by atoms with Gasteiger partial charge in [0.2, 0.25) is 0 Å². The van der Waals surface area contributed by atoms with Crippen molar-refractivity contribution in [2.45, 2.75) is 0 Å². The second-order valence-corrected chi connectivity index (χ2v) is 2.09. The molecule has 0 atom stereocenters. The number of allylic oxidation sites excluding steroid dienone is 2. The summed E-state index contributed by atoms with van der Waals surface area (Å²) in [6, 6.07) is 0. The molecule has 0 fully saturated rings. The maximum atomic E-state index is 10.7. The first-order chi connectivity index (χ1) is 5.74. The number of hydrogen-bond acceptors (Lipinski definition) is 2. The van der Waals surface area contributed by atoms with Crippen LogP contribution in [-0.2, 0) is 9.53 Å². The molecule has 0 aromatic carbocycles. The van der Waals surface area contributed by atoms with Crippen LogP contribution >= 0.6 is 0 Å². The summed E-state index contributed by atoms with van der Waals surface area (Å²) in [5, 5.41) is 0. The van der Waals surface area contributed by atoms with Crippen molar-refractivity contribution < 1.29 is 15.3 Å². The van der Waals surface area contributed by atoms with E-state index in [1.807, 2.05) is 0 Å². The molecule has 0 aliphatic rings. The Morgan fingerprint density at radius 2 is 2.17 bits per heavy atom. The number of ether oxygens (including phenoxy) is 1. The van der Waals surface area contributed by atoms with Gasteiger partial charge in [0.05, 0.1) is 0 Å². The lowest BCUT2D eigenvalue weighted by Gasteiger charge is -2.01. The fourth-order valence-corrected chi connectivity index (χ4v) is 0.562. The van der Waals surface area contributed by atoms with Crippen LogP contribution in [0.2, 0.25) is 0 Å². The monoisotopic (exact) mass is 168 g/mol. The van der Waals surface area contributed by atoms with Gasteiger partial charge in [-0.05, 0) is 5.57 Å². The van der Waals surface area contributed by atoms with Gasteiger partial charge in [0.1, 0.15) is 6.61 Å². The van der Waals surface area contributed by atoms with Gasteiger partial charge in [0.25, 0.3) is 0 Å². The predicted molar refractivity (Wildman–Crippen MR) is 47.2 cm³/mol. The van der Waals surface area contributed by atoms with Crippen molar-refractivity contribution in [2.24, 2.45) is 0 Å². The van der Waals surface area contributed by atoms with Gasteiger partial charge in [-0.3, -0.25) is 0 Å². The van der Waals surface area contributed by atoms with E-state index in [0.29, 0.717) is 0 Å². The molecule has 0 rings (SSSR count). The maximum absolute atomic E-state index is 10.7. The van der Waals surface area contributed by atoms with Crippen molar-refractivity contribution in [1.29, 1.82) is 0 Å². The van der Waals surface area contributed by atoms with Gasteiger partial charge in [0, 0.05) is 0 Å². The summed E-state index contributed by atoms with van der Waals surface area (Å²) >= 11 is 0. The highest BCUT2D eigenvalue weighted by molar-refractivity contribution is 5.70. The van der Waals surface area contributed by atoms with Crippen molar-refractivity contribution in [3.05, 3.63) is 37.0 Å².